The highest BCUT2D eigenvalue weighted by Crippen LogP contribution is 2.19. The van der Waals surface area contributed by atoms with E-state index in [1.54, 1.807) is 6.07 Å². The fourth-order valence-electron chi connectivity index (χ4n) is 1.74. The van der Waals surface area contributed by atoms with Gasteiger partial charge in [-0.3, -0.25) is 10.1 Å². The molecule has 1 aromatic carbocycles. The minimum absolute atomic E-state index is 0.161. The number of aromatic amines is 1. The van der Waals surface area contributed by atoms with Crippen molar-refractivity contribution in [3.63, 3.8) is 0 Å². The Hall–Kier alpha value is -1.93. The molecule has 2 rings (SSSR count). The molecule has 0 bridgehead atoms. The van der Waals surface area contributed by atoms with Gasteiger partial charge in [-0.05, 0) is 24.1 Å². The van der Waals surface area contributed by atoms with Crippen LogP contribution in [0.5, 0.6) is 0 Å². The summed E-state index contributed by atoms with van der Waals surface area (Å²) in [5.41, 5.74) is 1.13. The first-order valence-electron chi connectivity index (χ1n) is 6.55. The summed E-state index contributed by atoms with van der Waals surface area (Å²) in [6.07, 6.45) is 0. The number of aromatic nitrogens is 2. The molecule has 1 amide bonds. The number of amides is 1. The van der Waals surface area contributed by atoms with Crippen LogP contribution >= 0.6 is 0 Å². The molecular weight excluding hydrogens is 292 g/mol. The van der Waals surface area contributed by atoms with Crippen molar-refractivity contribution < 1.29 is 13.2 Å². The summed E-state index contributed by atoms with van der Waals surface area (Å²) in [5.74, 6) is 0.268. The second-order valence-corrected chi connectivity index (χ2v) is 6.96. The van der Waals surface area contributed by atoms with Gasteiger partial charge in [0.15, 0.2) is 0 Å². The van der Waals surface area contributed by atoms with Crippen LogP contribution in [-0.4, -0.2) is 30.8 Å². The molecule has 0 fully saturated rings. The highest BCUT2D eigenvalue weighted by molar-refractivity contribution is 7.89. The number of nitrogens with zero attached hydrogens (tertiary/aromatic N) is 1. The van der Waals surface area contributed by atoms with Crippen LogP contribution in [0.1, 0.15) is 20.8 Å². The van der Waals surface area contributed by atoms with Crippen LogP contribution in [0.25, 0.3) is 11.0 Å². The molecule has 0 aliphatic heterocycles. The van der Waals surface area contributed by atoms with E-state index in [1.807, 2.05) is 13.8 Å². The highest BCUT2D eigenvalue weighted by Gasteiger charge is 2.15. The van der Waals surface area contributed by atoms with Crippen molar-refractivity contribution in [2.75, 3.05) is 11.9 Å². The second kappa shape index (κ2) is 5.82. The van der Waals surface area contributed by atoms with E-state index in [-0.39, 0.29) is 16.7 Å². The molecule has 0 aliphatic carbocycles. The lowest BCUT2D eigenvalue weighted by atomic mass is 10.2. The van der Waals surface area contributed by atoms with Gasteiger partial charge in [0.2, 0.25) is 21.9 Å². The van der Waals surface area contributed by atoms with Gasteiger partial charge in [0.25, 0.3) is 0 Å². The third-order valence-electron chi connectivity index (χ3n) is 2.74. The maximum atomic E-state index is 12.1. The number of H-pyrrole nitrogens is 1. The molecule has 0 aliphatic rings. The van der Waals surface area contributed by atoms with E-state index < -0.39 is 10.0 Å². The number of fused-ring (bicyclic) bond motifs is 1. The number of carbonyl (C=O) groups is 1. The Bertz CT molecular complexity index is 765. The fourth-order valence-corrected chi connectivity index (χ4v) is 2.98. The van der Waals surface area contributed by atoms with Gasteiger partial charge in [-0.1, -0.05) is 13.8 Å². The summed E-state index contributed by atoms with van der Waals surface area (Å²) in [4.78, 5) is 18.2. The zero-order valence-electron chi connectivity index (χ0n) is 12.1. The number of carbonyl (C=O) groups excluding carboxylic acids is 1. The predicted molar refractivity (Wildman–Crippen MR) is 80.4 cm³/mol. The largest absolute Gasteiger partial charge is 0.324 e. The van der Waals surface area contributed by atoms with Crippen molar-refractivity contribution in [3.05, 3.63) is 18.2 Å². The summed E-state index contributed by atoms with van der Waals surface area (Å²) in [5, 5.41) is 2.52. The molecule has 8 heteroatoms. The molecule has 2 aromatic rings. The van der Waals surface area contributed by atoms with Gasteiger partial charge < -0.3 is 4.98 Å². The Morgan fingerprint density at radius 1 is 1.38 bits per heavy atom. The molecule has 21 heavy (non-hydrogen) atoms. The normalized spacial score (nSPS) is 12.0. The Labute approximate surface area is 123 Å². The lowest BCUT2D eigenvalue weighted by Gasteiger charge is -2.08. The molecule has 114 valence electrons. The number of imidazole rings is 1. The van der Waals surface area contributed by atoms with Gasteiger partial charge in [-0.25, -0.2) is 18.1 Å². The lowest BCUT2D eigenvalue weighted by molar-refractivity contribution is -0.114. The third-order valence-corrected chi connectivity index (χ3v) is 4.16. The molecular formula is C13H18N4O3S. The van der Waals surface area contributed by atoms with Crippen LogP contribution in [0.15, 0.2) is 23.1 Å². The second-order valence-electron chi connectivity index (χ2n) is 5.19. The molecule has 0 unspecified atom stereocenters. The lowest BCUT2D eigenvalue weighted by Crippen LogP contribution is -2.27. The molecule has 1 heterocycles. The summed E-state index contributed by atoms with van der Waals surface area (Å²) in [6.45, 7) is 5.61. The smallest absolute Gasteiger partial charge is 0.240 e. The average Bonchev–Trinajstić information content (AvgIpc) is 2.76. The maximum Gasteiger partial charge on any atom is 0.240 e. The number of anilines is 1. The number of hydrogen-bond acceptors (Lipinski definition) is 4. The SMILES string of the molecule is CC(=O)Nc1nc2ccc(S(=O)(=O)NCC(C)C)cc2[nH]1. The highest BCUT2D eigenvalue weighted by atomic mass is 32.2. The number of rotatable bonds is 5. The van der Waals surface area contributed by atoms with Crippen LogP contribution in [0, 0.1) is 5.92 Å². The van der Waals surface area contributed by atoms with Crippen molar-refractivity contribution in [1.29, 1.82) is 0 Å². The van der Waals surface area contributed by atoms with Crippen molar-refractivity contribution in [1.82, 2.24) is 14.7 Å². The molecule has 0 saturated heterocycles. The molecule has 0 saturated carbocycles. The van der Waals surface area contributed by atoms with Gasteiger partial charge in [0.1, 0.15) is 0 Å². The third kappa shape index (κ3) is 3.79. The molecule has 0 atom stereocenters. The fraction of sp³-hybridized carbons (Fsp3) is 0.385. The molecule has 0 spiro atoms. The summed E-state index contributed by atoms with van der Waals surface area (Å²) in [6, 6.07) is 4.58. The van der Waals surface area contributed by atoms with E-state index in [1.165, 1.54) is 19.1 Å². The van der Waals surface area contributed by atoms with Gasteiger partial charge in [0.05, 0.1) is 15.9 Å². The van der Waals surface area contributed by atoms with Crippen LogP contribution in [0.3, 0.4) is 0 Å². The van der Waals surface area contributed by atoms with Crippen molar-refractivity contribution >= 4 is 32.9 Å². The number of hydrogen-bond donors (Lipinski definition) is 3. The summed E-state index contributed by atoms with van der Waals surface area (Å²) < 4.78 is 26.8. The zero-order valence-corrected chi connectivity index (χ0v) is 12.9. The topological polar surface area (TPSA) is 104 Å². The van der Waals surface area contributed by atoms with Crippen LogP contribution in [0.4, 0.5) is 5.95 Å². The van der Waals surface area contributed by atoms with E-state index >= 15 is 0 Å². The predicted octanol–water partition coefficient (Wildman–Crippen LogP) is 1.46. The average molecular weight is 310 g/mol. The van der Waals surface area contributed by atoms with Crippen LogP contribution < -0.4 is 10.0 Å². The van der Waals surface area contributed by atoms with Gasteiger partial charge >= 0.3 is 0 Å². The number of nitrogens with one attached hydrogen (secondary N) is 3. The van der Waals surface area contributed by atoms with E-state index in [0.717, 1.165) is 0 Å². The Morgan fingerprint density at radius 2 is 2.10 bits per heavy atom. The zero-order chi connectivity index (χ0) is 15.6. The van der Waals surface area contributed by atoms with Crippen LogP contribution in [-0.2, 0) is 14.8 Å². The van der Waals surface area contributed by atoms with Gasteiger partial charge in [0, 0.05) is 13.5 Å². The Balaban J connectivity index is 2.31. The van der Waals surface area contributed by atoms with Crippen LogP contribution in [0.2, 0.25) is 0 Å². The first-order chi connectivity index (χ1) is 9.78. The standard InChI is InChI=1S/C13H18N4O3S/c1-8(2)7-14-21(19,20)10-4-5-11-12(6-10)17-13(16-11)15-9(3)18/h4-6,8,14H,7H2,1-3H3,(H2,15,16,17,18). The van der Waals surface area contributed by atoms with E-state index in [0.29, 0.717) is 23.5 Å². The summed E-state index contributed by atoms with van der Waals surface area (Å²) in [7, 11) is -3.55. The quantitative estimate of drug-likeness (QED) is 0.777. The molecule has 0 radical (unpaired) electrons. The van der Waals surface area contributed by atoms with E-state index in [9.17, 15) is 13.2 Å². The van der Waals surface area contributed by atoms with Gasteiger partial charge in [-0.15, -0.1) is 0 Å². The van der Waals surface area contributed by atoms with Crippen molar-refractivity contribution in [3.8, 4) is 0 Å². The van der Waals surface area contributed by atoms with Crippen molar-refractivity contribution in [2.45, 2.75) is 25.7 Å². The van der Waals surface area contributed by atoms with Crippen molar-refractivity contribution in [2.24, 2.45) is 5.92 Å². The van der Waals surface area contributed by atoms with E-state index in [2.05, 4.69) is 20.0 Å². The minimum atomic E-state index is -3.55. The number of benzene rings is 1. The van der Waals surface area contributed by atoms with Gasteiger partial charge in [-0.2, -0.15) is 0 Å². The monoisotopic (exact) mass is 310 g/mol. The van der Waals surface area contributed by atoms with E-state index in [4.69, 9.17) is 0 Å². The molecule has 1 aromatic heterocycles. The Morgan fingerprint density at radius 3 is 2.71 bits per heavy atom. The summed E-state index contributed by atoms with van der Waals surface area (Å²) >= 11 is 0. The first-order valence-corrected chi connectivity index (χ1v) is 8.03. The molecule has 7 nitrogen and oxygen atoms in total. The molecule has 3 N–H and O–H groups in total. The first kappa shape index (κ1) is 15.5. The number of sulfonamides is 1. The Kier molecular flexibility index (Phi) is 4.29. The minimum Gasteiger partial charge on any atom is -0.324 e. The maximum absolute atomic E-state index is 12.1.